The molecule has 94 valence electrons. The Morgan fingerprint density at radius 1 is 1.29 bits per heavy atom. The lowest BCUT2D eigenvalue weighted by Gasteiger charge is -2.36. The average molecular weight is 236 g/mol. The minimum absolute atomic E-state index is 0.123. The molecule has 1 fully saturated rings. The summed E-state index contributed by atoms with van der Waals surface area (Å²) >= 11 is 0. The number of hydrogen-bond acceptors (Lipinski definition) is 2. The molecular weight excluding hydrogens is 215 g/mol. The van der Waals surface area contributed by atoms with Crippen molar-refractivity contribution in [2.45, 2.75) is 37.6 Å². The maximum absolute atomic E-state index is 13.0. The van der Waals surface area contributed by atoms with Gasteiger partial charge in [-0.1, -0.05) is 12.1 Å². The summed E-state index contributed by atoms with van der Waals surface area (Å²) in [6.07, 6.45) is 4.50. The summed E-state index contributed by atoms with van der Waals surface area (Å²) in [5.41, 5.74) is 6.58. The van der Waals surface area contributed by atoms with Crippen LogP contribution in [0.25, 0.3) is 0 Å². The van der Waals surface area contributed by atoms with Gasteiger partial charge in [0.15, 0.2) is 0 Å². The number of nitrogens with one attached hydrogen (secondary N) is 1. The zero-order chi connectivity index (χ0) is 12.1. The second-order valence-electron chi connectivity index (χ2n) is 4.87. The topological polar surface area (TPSA) is 38.0 Å². The number of benzene rings is 1. The van der Waals surface area contributed by atoms with Gasteiger partial charge in [-0.25, -0.2) is 4.39 Å². The summed E-state index contributed by atoms with van der Waals surface area (Å²) in [6, 6.07) is 7.60. The highest BCUT2D eigenvalue weighted by molar-refractivity contribution is 5.23. The standard InChI is InChI=1S/C14H21FN2/c15-13-5-3-4-11(8-13)12-9-14(10-12)17-7-2-1-6-16/h3-5,8,12,14,17H,1-2,6-7,9-10,16H2. The van der Waals surface area contributed by atoms with Crippen molar-refractivity contribution in [2.24, 2.45) is 5.73 Å². The molecule has 2 rings (SSSR count). The largest absolute Gasteiger partial charge is 0.330 e. The first kappa shape index (κ1) is 12.5. The van der Waals surface area contributed by atoms with Crippen LogP contribution < -0.4 is 11.1 Å². The Morgan fingerprint density at radius 2 is 2.12 bits per heavy atom. The molecule has 0 aromatic heterocycles. The minimum Gasteiger partial charge on any atom is -0.330 e. The summed E-state index contributed by atoms with van der Waals surface area (Å²) in [7, 11) is 0. The van der Waals surface area contributed by atoms with Gasteiger partial charge in [-0.15, -0.1) is 0 Å². The molecule has 2 nitrogen and oxygen atoms in total. The van der Waals surface area contributed by atoms with Crippen LogP contribution in [0.15, 0.2) is 24.3 Å². The molecule has 0 aliphatic heterocycles. The third-order valence-corrected chi connectivity index (χ3v) is 3.52. The molecule has 0 bridgehead atoms. The summed E-state index contributed by atoms with van der Waals surface area (Å²) < 4.78 is 13.0. The van der Waals surface area contributed by atoms with Crippen LogP contribution in [0.1, 0.15) is 37.2 Å². The first-order chi connectivity index (χ1) is 8.29. The molecule has 1 aliphatic rings. The van der Waals surface area contributed by atoms with E-state index in [0.717, 1.165) is 44.3 Å². The monoisotopic (exact) mass is 236 g/mol. The predicted octanol–water partition coefficient (Wildman–Crippen LogP) is 2.40. The van der Waals surface area contributed by atoms with E-state index >= 15 is 0 Å². The van der Waals surface area contributed by atoms with Crippen molar-refractivity contribution < 1.29 is 4.39 Å². The van der Waals surface area contributed by atoms with E-state index in [2.05, 4.69) is 5.32 Å². The molecule has 17 heavy (non-hydrogen) atoms. The van der Waals surface area contributed by atoms with E-state index in [1.165, 1.54) is 6.07 Å². The van der Waals surface area contributed by atoms with Gasteiger partial charge in [-0.05, 0) is 62.4 Å². The van der Waals surface area contributed by atoms with Crippen molar-refractivity contribution in [2.75, 3.05) is 13.1 Å². The van der Waals surface area contributed by atoms with Crippen molar-refractivity contribution >= 4 is 0 Å². The lowest BCUT2D eigenvalue weighted by atomic mass is 9.76. The summed E-state index contributed by atoms with van der Waals surface area (Å²) in [5.74, 6) is 0.416. The molecule has 0 radical (unpaired) electrons. The first-order valence-electron chi connectivity index (χ1n) is 6.48. The van der Waals surface area contributed by atoms with Crippen LogP contribution >= 0.6 is 0 Å². The zero-order valence-corrected chi connectivity index (χ0v) is 10.2. The number of unbranched alkanes of at least 4 members (excludes halogenated alkanes) is 1. The van der Waals surface area contributed by atoms with Gasteiger partial charge in [-0.2, -0.15) is 0 Å². The third kappa shape index (κ3) is 3.51. The fourth-order valence-corrected chi connectivity index (χ4v) is 2.39. The fourth-order valence-electron chi connectivity index (χ4n) is 2.39. The van der Waals surface area contributed by atoms with Gasteiger partial charge in [0.25, 0.3) is 0 Å². The Morgan fingerprint density at radius 3 is 2.82 bits per heavy atom. The van der Waals surface area contributed by atoms with Crippen LogP contribution in [-0.2, 0) is 0 Å². The Bertz CT molecular complexity index is 348. The summed E-state index contributed by atoms with van der Waals surface area (Å²) in [5, 5.41) is 3.52. The third-order valence-electron chi connectivity index (χ3n) is 3.52. The molecule has 1 saturated carbocycles. The highest BCUT2D eigenvalue weighted by Crippen LogP contribution is 2.36. The average Bonchev–Trinajstić information content (AvgIpc) is 2.26. The van der Waals surface area contributed by atoms with E-state index in [4.69, 9.17) is 5.73 Å². The predicted molar refractivity (Wildman–Crippen MR) is 68.5 cm³/mol. The maximum Gasteiger partial charge on any atom is 0.123 e. The maximum atomic E-state index is 13.0. The van der Waals surface area contributed by atoms with Gasteiger partial charge in [0.05, 0.1) is 0 Å². The molecule has 3 heteroatoms. The number of hydrogen-bond donors (Lipinski definition) is 2. The van der Waals surface area contributed by atoms with Crippen LogP contribution in [0, 0.1) is 5.82 Å². The summed E-state index contributed by atoms with van der Waals surface area (Å²) in [6.45, 7) is 1.83. The van der Waals surface area contributed by atoms with Crippen molar-refractivity contribution in [3.8, 4) is 0 Å². The number of rotatable bonds is 6. The van der Waals surface area contributed by atoms with Crippen LogP contribution in [0.3, 0.4) is 0 Å². The Labute approximate surface area is 102 Å². The first-order valence-corrected chi connectivity index (χ1v) is 6.48. The fraction of sp³-hybridized carbons (Fsp3) is 0.571. The van der Waals surface area contributed by atoms with E-state index in [-0.39, 0.29) is 5.82 Å². The van der Waals surface area contributed by atoms with Crippen molar-refractivity contribution in [3.63, 3.8) is 0 Å². The molecule has 0 amide bonds. The quantitative estimate of drug-likeness (QED) is 0.744. The van der Waals surface area contributed by atoms with Gasteiger partial charge in [0, 0.05) is 6.04 Å². The smallest absolute Gasteiger partial charge is 0.123 e. The molecular formula is C14H21FN2. The van der Waals surface area contributed by atoms with E-state index in [9.17, 15) is 4.39 Å². The van der Waals surface area contributed by atoms with Crippen LogP contribution in [0.5, 0.6) is 0 Å². The van der Waals surface area contributed by atoms with Crippen molar-refractivity contribution in [3.05, 3.63) is 35.6 Å². The molecule has 1 aromatic carbocycles. The Kier molecular flexibility index (Phi) is 4.51. The van der Waals surface area contributed by atoms with Crippen LogP contribution in [-0.4, -0.2) is 19.1 Å². The molecule has 0 saturated heterocycles. The van der Waals surface area contributed by atoms with Gasteiger partial charge in [0.1, 0.15) is 5.82 Å². The van der Waals surface area contributed by atoms with Crippen LogP contribution in [0.4, 0.5) is 4.39 Å². The SMILES string of the molecule is NCCCCNC1CC(c2cccc(F)c2)C1. The van der Waals surface area contributed by atoms with E-state index < -0.39 is 0 Å². The van der Waals surface area contributed by atoms with Gasteiger partial charge < -0.3 is 11.1 Å². The Hall–Kier alpha value is -0.930. The second-order valence-corrected chi connectivity index (χ2v) is 4.87. The van der Waals surface area contributed by atoms with Crippen molar-refractivity contribution in [1.82, 2.24) is 5.32 Å². The minimum atomic E-state index is -0.123. The highest BCUT2D eigenvalue weighted by Gasteiger charge is 2.29. The zero-order valence-electron chi connectivity index (χ0n) is 10.2. The molecule has 0 spiro atoms. The normalized spacial score (nSPS) is 23.4. The van der Waals surface area contributed by atoms with E-state index in [0.29, 0.717) is 12.0 Å². The van der Waals surface area contributed by atoms with E-state index in [1.54, 1.807) is 12.1 Å². The molecule has 0 unspecified atom stereocenters. The summed E-state index contributed by atoms with van der Waals surface area (Å²) in [4.78, 5) is 0. The van der Waals surface area contributed by atoms with Crippen LogP contribution in [0.2, 0.25) is 0 Å². The molecule has 1 aromatic rings. The lowest BCUT2D eigenvalue weighted by Crippen LogP contribution is -2.40. The molecule has 3 N–H and O–H groups in total. The van der Waals surface area contributed by atoms with Crippen molar-refractivity contribution in [1.29, 1.82) is 0 Å². The van der Waals surface area contributed by atoms with E-state index in [1.807, 2.05) is 6.07 Å². The second kappa shape index (κ2) is 6.12. The highest BCUT2D eigenvalue weighted by atomic mass is 19.1. The Balaban J connectivity index is 1.68. The molecule has 0 atom stereocenters. The number of nitrogens with two attached hydrogens (primary N) is 1. The number of halogens is 1. The molecule has 1 aliphatic carbocycles. The molecule has 0 heterocycles. The van der Waals surface area contributed by atoms with Gasteiger partial charge >= 0.3 is 0 Å². The lowest BCUT2D eigenvalue weighted by molar-refractivity contribution is 0.289. The van der Waals surface area contributed by atoms with Gasteiger partial charge in [0.2, 0.25) is 0 Å². The van der Waals surface area contributed by atoms with Gasteiger partial charge in [-0.3, -0.25) is 0 Å².